The standard InChI is InChI=1S/C17H30N6/c1-3-15-21-20-14-23(15)12-10-19-16(18-2)22-11-9-17(13-22)7-5-4-6-8-17/h14H,3-13H2,1-2H3,(H,18,19). The Morgan fingerprint density at radius 2 is 2.13 bits per heavy atom. The number of guanidine groups is 1. The highest BCUT2D eigenvalue weighted by molar-refractivity contribution is 5.80. The van der Waals surface area contributed by atoms with Crippen molar-refractivity contribution in [3.05, 3.63) is 12.2 Å². The molecule has 1 aromatic heterocycles. The first-order valence-electron chi connectivity index (χ1n) is 9.09. The van der Waals surface area contributed by atoms with E-state index in [1.807, 2.05) is 13.4 Å². The third-order valence-corrected chi connectivity index (χ3v) is 5.51. The summed E-state index contributed by atoms with van der Waals surface area (Å²) < 4.78 is 2.12. The van der Waals surface area contributed by atoms with E-state index < -0.39 is 0 Å². The summed E-state index contributed by atoms with van der Waals surface area (Å²) >= 11 is 0. The lowest BCUT2D eigenvalue weighted by molar-refractivity contribution is 0.203. The van der Waals surface area contributed by atoms with E-state index in [0.29, 0.717) is 5.41 Å². The SMILES string of the molecule is CCc1nncn1CCNC(=NC)N1CCC2(CCCCC2)C1. The van der Waals surface area contributed by atoms with Gasteiger partial charge in [0.15, 0.2) is 5.96 Å². The molecule has 3 rings (SSSR count). The highest BCUT2D eigenvalue weighted by Crippen LogP contribution is 2.43. The number of aliphatic imine (C=N–C) groups is 1. The Morgan fingerprint density at radius 1 is 1.30 bits per heavy atom. The van der Waals surface area contributed by atoms with Gasteiger partial charge in [-0.25, -0.2) is 0 Å². The molecule has 1 aliphatic heterocycles. The maximum Gasteiger partial charge on any atom is 0.193 e. The summed E-state index contributed by atoms with van der Waals surface area (Å²) in [5.41, 5.74) is 0.569. The summed E-state index contributed by atoms with van der Waals surface area (Å²) in [6, 6.07) is 0. The van der Waals surface area contributed by atoms with E-state index in [2.05, 4.69) is 36.9 Å². The average molecular weight is 318 g/mol. The van der Waals surface area contributed by atoms with Gasteiger partial charge in [-0.05, 0) is 24.7 Å². The van der Waals surface area contributed by atoms with Gasteiger partial charge in [-0.3, -0.25) is 4.99 Å². The third kappa shape index (κ3) is 3.67. The molecule has 2 heterocycles. The lowest BCUT2D eigenvalue weighted by atomic mass is 9.73. The van der Waals surface area contributed by atoms with Crippen LogP contribution in [0.2, 0.25) is 0 Å². The third-order valence-electron chi connectivity index (χ3n) is 5.51. The number of aryl methyl sites for hydroxylation is 1. The molecule has 1 spiro atoms. The lowest BCUT2D eigenvalue weighted by Crippen LogP contribution is -2.42. The van der Waals surface area contributed by atoms with Gasteiger partial charge in [0.05, 0.1) is 0 Å². The van der Waals surface area contributed by atoms with Crippen LogP contribution in [0.3, 0.4) is 0 Å². The van der Waals surface area contributed by atoms with Crippen molar-refractivity contribution in [1.29, 1.82) is 0 Å². The smallest absolute Gasteiger partial charge is 0.193 e. The zero-order chi connectivity index (χ0) is 16.1. The quantitative estimate of drug-likeness (QED) is 0.682. The summed E-state index contributed by atoms with van der Waals surface area (Å²) in [6.45, 7) is 6.18. The van der Waals surface area contributed by atoms with Gasteiger partial charge in [0, 0.05) is 39.6 Å². The molecular formula is C17H30N6. The summed E-state index contributed by atoms with van der Waals surface area (Å²) in [5, 5.41) is 11.6. The van der Waals surface area contributed by atoms with Gasteiger partial charge in [-0.1, -0.05) is 26.2 Å². The van der Waals surface area contributed by atoms with E-state index >= 15 is 0 Å². The first-order chi connectivity index (χ1) is 11.3. The van der Waals surface area contributed by atoms with Crippen LogP contribution in [0.4, 0.5) is 0 Å². The van der Waals surface area contributed by atoms with Crippen LogP contribution in [0, 0.1) is 5.41 Å². The maximum absolute atomic E-state index is 4.50. The molecule has 1 saturated heterocycles. The van der Waals surface area contributed by atoms with Crippen LogP contribution >= 0.6 is 0 Å². The van der Waals surface area contributed by atoms with Crippen LogP contribution in [-0.4, -0.2) is 52.3 Å². The van der Waals surface area contributed by atoms with E-state index in [1.165, 1.54) is 45.1 Å². The Labute approximate surface area is 139 Å². The molecule has 2 fully saturated rings. The Bertz CT molecular complexity index is 529. The molecule has 0 atom stereocenters. The molecule has 0 bridgehead atoms. The number of aromatic nitrogens is 3. The highest BCUT2D eigenvalue weighted by atomic mass is 15.3. The minimum Gasteiger partial charge on any atom is -0.354 e. The Balaban J connectivity index is 1.51. The molecule has 1 aromatic rings. The van der Waals surface area contributed by atoms with Crippen LogP contribution in [0.5, 0.6) is 0 Å². The van der Waals surface area contributed by atoms with Gasteiger partial charge in [-0.15, -0.1) is 10.2 Å². The molecule has 1 aliphatic carbocycles. The van der Waals surface area contributed by atoms with Crippen molar-refractivity contribution in [2.75, 3.05) is 26.7 Å². The van der Waals surface area contributed by atoms with E-state index in [-0.39, 0.29) is 0 Å². The number of rotatable bonds is 4. The molecule has 6 nitrogen and oxygen atoms in total. The van der Waals surface area contributed by atoms with Gasteiger partial charge in [0.1, 0.15) is 12.2 Å². The van der Waals surface area contributed by atoms with Gasteiger partial charge >= 0.3 is 0 Å². The Morgan fingerprint density at radius 3 is 2.87 bits per heavy atom. The van der Waals surface area contributed by atoms with Crippen molar-refractivity contribution < 1.29 is 0 Å². The van der Waals surface area contributed by atoms with Crippen molar-refractivity contribution in [1.82, 2.24) is 25.0 Å². The molecule has 1 N–H and O–H groups in total. The van der Waals surface area contributed by atoms with Crippen LogP contribution in [0.25, 0.3) is 0 Å². The van der Waals surface area contributed by atoms with Crippen molar-refractivity contribution >= 4 is 5.96 Å². The fourth-order valence-corrected chi connectivity index (χ4v) is 4.19. The van der Waals surface area contributed by atoms with E-state index in [1.54, 1.807) is 0 Å². The monoisotopic (exact) mass is 318 g/mol. The fourth-order valence-electron chi connectivity index (χ4n) is 4.19. The molecule has 2 aliphatic rings. The lowest BCUT2D eigenvalue weighted by Gasteiger charge is -2.33. The number of nitrogens with one attached hydrogen (secondary N) is 1. The molecule has 1 saturated carbocycles. The number of likely N-dealkylation sites (tertiary alicyclic amines) is 1. The minimum atomic E-state index is 0.569. The summed E-state index contributed by atoms with van der Waals surface area (Å²) in [4.78, 5) is 6.96. The summed E-state index contributed by atoms with van der Waals surface area (Å²) in [7, 11) is 1.89. The number of hydrogen-bond acceptors (Lipinski definition) is 3. The van der Waals surface area contributed by atoms with Crippen molar-refractivity contribution in [2.24, 2.45) is 10.4 Å². The molecule has 0 radical (unpaired) electrons. The first-order valence-corrected chi connectivity index (χ1v) is 9.09. The molecule has 0 unspecified atom stereocenters. The largest absolute Gasteiger partial charge is 0.354 e. The van der Waals surface area contributed by atoms with Crippen molar-refractivity contribution in [3.63, 3.8) is 0 Å². The van der Waals surface area contributed by atoms with E-state index in [0.717, 1.165) is 37.8 Å². The van der Waals surface area contributed by atoms with Crippen LogP contribution in [0.15, 0.2) is 11.3 Å². The number of nitrogens with zero attached hydrogens (tertiary/aromatic N) is 5. The van der Waals surface area contributed by atoms with Gasteiger partial charge < -0.3 is 14.8 Å². The Hall–Kier alpha value is -1.59. The van der Waals surface area contributed by atoms with Crippen molar-refractivity contribution in [2.45, 2.75) is 58.4 Å². The Kier molecular flexibility index (Phi) is 5.18. The fraction of sp³-hybridized carbons (Fsp3) is 0.824. The van der Waals surface area contributed by atoms with Crippen LogP contribution < -0.4 is 5.32 Å². The predicted molar refractivity (Wildman–Crippen MR) is 92.5 cm³/mol. The zero-order valence-electron chi connectivity index (χ0n) is 14.6. The van der Waals surface area contributed by atoms with Crippen LogP contribution in [0.1, 0.15) is 51.3 Å². The predicted octanol–water partition coefficient (Wildman–Crippen LogP) is 2.07. The molecule has 0 aromatic carbocycles. The van der Waals surface area contributed by atoms with Gasteiger partial charge in [0.2, 0.25) is 0 Å². The second kappa shape index (κ2) is 7.32. The molecule has 128 valence electrons. The van der Waals surface area contributed by atoms with E-state index in [9.17, 15) is 0 Å². The van der Waals surface area contributed by atoms with Crippen LogP contribution in [-0.2, 0) is 13.0 Å². The second-order valence-electron chi connectivity index (χ2n) is 7.00. The average Bonchev–Trinajstić information content (AvgIpc) is 3.19. The topological polar surface area (TPSA) is 58.3 Å². The summed E-state index contributed by atoms with van der Waals surface area (Å²) in [5.74, 6) is 2.10. The molecule has 0 amide bonds. The molecule has 23 heavy (non-hydrogen) atoms. The normalized spacial score (nSPS) is 21.1. The van der Waals surface area contributed by atoms with Gasteiger partial charge in [0.25, 0.3) is 0 Å². The maximum atomic E-state index is 4.50. The highest BCUT2D eigenvalue weighted by Gasteiger charge is 2.39. The molecular weight excluding hydrogens is 288 g/mol. The summed E-state index contributed by atoms with van der Waals surface area (Å²) in [6.07, 6.45) is 11.1. The minimum absolute atomic E-state index is 0.569. The molecule has 6 heteroatoms. The number of hydrogen-bond donors (Lipinski definition) is 1. The van der Waals surface area contributed by atoms with E-state index in [4.69, 9.17) is 0 Å². The first kappa shape index (κ1) is 16.3. The second-order valence-corrected chi connectivity index (χ2v) is 7.00. The van der Waals surface area contributed by atoms with Gasteiger partial charge in [-0.2, -0.15) is 0 Å². The zero-order valence-corrected chi connectivity index (χ0v) is 14.6. The van der Waals surface area contributed by atoms with Crippen molar-refractivity contribution in [3.8, 4) is 0 Å².